The lowest BCUT2D eigenvalue weighted by Crippen LogP contribution is -2.35. The molecule has 0 saturated carbocycles. The summed E-state index contributed by atoms with van der Waals surface area (Å²) in [5, 5.41) is 3.68. The summed E-state index contributed by atoms with van der Waals surface area (Å²) in [6.07, 6.45) is 9.70. The molecule has 2 fully saturated rings. The number of rotatable bonds is 5. The van der Waals surface area contributed by atoms with E-state index in [1.807, 2.05) is 12.4 Å². The van der Waals surface area contributed by atoms with Crippen LogP contribution in [0.2, 0.25) is 0 Å². The molecule has 0 aromatic carbocycles. The van der Waals surface area contributed by atoms with Crippen LogP contribution in [0.4, 0.5) is 0 Å². The summed E-state index contributed by atoms with van der Waals surface area (Å²) >= 11 is 0. The fraction of sp³-hybridized carbons (Fsp3) is 0.786. The van der Waals surface area contributed by atoms with Crippen molar-refractivity contribution < 1.29 is 4.74 Å². The number of aryl methyl sites for hydroxylation is 1. The van der Waals surface area contributed by atoms with E-state index in [0.29, 0.717) is 24.2 Å². The van der Waals surface area contributed by atoms with E-state index in [1.54, 1.807) is 0 Å². The number of nitrogens with zero attached hydrogens (tertiary/aromatic N) is 2. The summed E-state index contributed by atoms with van der Waals surface area (Å²) in [5.74, 6) is 1.75. The Balaban J connectivity index is 1.79. The van der Waals surface area contributed by atoms with E-state index in [9.17, 15) is 0 Å². The van der Waals surface area contributed by atoms with Crippen molar-refractivity contribution in [3.05, 3.63) is 18.2 Å². The van der Waals surface area contributed by atoms with Crippen molar-refractivity contribution >= 4 is 0 Å². The predicted octanol–water partition coefficient (Wildman–Crippen LogP) is 2.03. The minimum atomic E-state index is 0.347. The van der Waals surface area contributed by atoms with Crippen LogP contribution < -0.4 is 5.32 Å². The van der Waals surface area contributed by atoms with Gasteiger partial charge in [0.05, 0.1) is 18.2 Å². The zero-order valence-electron chi connectivity index (χ0n) is 11.3. The number of imidazole rings is 1. The lowest BCUT2D eigenvalue weighted by atomic mass is 9.83. The molecule has 1 aromatic heterocycles. The first-order chi connectivity index (χ1) is 8.79. The van der Waals surface area contributed by atoms with Crippen LogP contribution in [0.25, 0.3) is 0 Å². The standard InChI is InChI=1S/C14H23N3O/c1-3-6-15-13(14-16-7-8-17(14)2)11-9-10-4-5-12(11)18-10/h7-8,10-13,15H,3-6,9H2,1-2H3. The van der Waals surface area contributed by atoms with Gasteiger partial charge in [-0.3, -0.25) is 0 Å². The lowest BCUT2D eigenvalue weighted by molar-refractivity contribution is 0.0847. The molecular formula is C14H23N3O. The third kappa shape index (κ3) is 2.08. The van der Waals surface area contributed by atoms with E-state index in [0.717, 1.165) is 18.8 Å². The number of aromatic nitrogens is 2. The topological polar surface area (TPSA) is 39.1 Å². The van der Waals surface area contributed by atoms with Crippen LogP contribution in [-0.2, 0) is 11.8 Å². The van der Waals surface area contributed by atoms with Gasteiger partial charge in [0.25, 0.3) is 0 Å². The van der Waals surface area contributed by atoms with Gasteiger partial charge in [0, 0.05) is 25.4 Å². The zero-order chi connectivity index (χ0) is 12.5. The molecule has 4 nitrogen and oxygen atoms in total. The Kier molecular flexibility index (Phi) is 3.39. The molecular weight excluding hydrogens is 226 g/mol. The van der Waals surface area contributed by atoms with Crippen LogP contribution in [0.1, 0.15) is 44.5 Å². The summed E-state index contributed by atoms with van der Waals surface area (Å²) < 4.78 is 8.14. The van der Waals surface area contributed by atoms with Crippen LogP contribution in [0.15, 0.2) is 12.4 Å². The summed E-state index contributed by atoms with van der Waals surface area (Å²) in [6.45, 7) is 3.26. The van der Waals surface area contributed by atoms with Crippen molar-refractivity contribution in [2.75, 3.05) is 6.54 Å². The third-order valence-electron chi connectivity index (χ3n) is 4.33. The highest BCUT2D eigenvalue weighted by molar-refractivity contribution is 5.06. The molecule has 2 bridgehead atoms. The molecule has 4 atom stereocenters. The van der Waals surface area contributed by atoms with Gasteiger partial charge in [-0.05, 0) is 32.2 Å². The minimum absolute atomic E-state index is 0.347. The summed E-state index contributed by atoms with van der Waals surface area (Å²) in [5.41, 5.74) is 0. The molecule has 2 saturated heterocycles. The van der Waals surface area contributed by atoms with Gasteiger partial charge in [0.1, 0.15) is 5.82 Å². The monoisotopic (exact) mass is 249 g/mol. The molecule has 4 heteroatoms. The van der Waals surface area contributed by atoms with Gasteiger partial charge in [-0.2, -0.15) is 0 Å². The highest BCUT2D eigenvalue weighted by Gasteiger charge is 2.45. The maximum atomic E-state index is 6.01. The molecule has 1 N–H and O–H groups in total. The van der Waals surface area contributed by atoms with Crippen molar-refractivity contribution in [2.24, 2.45) is 13.0 Å². The largest absolute Gasteiger partial charge is 0.375 e. The Morgan fingerprint density at radius 1 is 1.56 bits per heavy atom. The minimum Gasteiger partial charge on any atom is -0.375 e. The average Bonchev–Trinajstić information content (AvgIpc) is 3.07. The normalized spacial score (nSPS) is 32.0. The predicted molar refractivity (Wildman–Crippen MR) is 70.2 cm³/mol. The van der Waals surface area contributed by atoms with E-state index in [-0.39, 0.29) is 0 Å². The van der Waals surface area contributed by atoms with Crippen LogP contribution in [-0.4, -0.2) is 28.3 Å². The molecule has 3 heterocycles. The van der Waals surface area contributed by atoms with Gasteiger partial charge in [-0.1, -0.05) is 6.92 Å². The maximum Gasteiger partial charge on any atom is 0.125 e. The van der Waals surface area contributed by atoms with Gasteiger partial charge < -0.3 is 14.6 Å². The lowest BCUT2D eigenvalue weighted by Gasteiger charge is -2.29. The summed E-state index contributed by atoms with van der Waals surface area (Å²) in [4.78, 5) is 4.54. The summed E-state index contributed by atoms with van der Waals surface area (Å²) in [6, 6.07) is 0.347. The first-order valence-corrected chi connectivity index (χ1v) is 7.15. The Morgan fingerprint density at radius 2 is 2.44 bits per heavy atom. The first kappa shape index (κ1) is 12.2. The number of hydrogen-bond acceptors (Lipinski definition) is 3. The Labute approximate surface area is 109 Å². The Hall–Kier alpha value is -0.870. The van der Waals surface area contributed by atoms with E-state index in [1.165, 1.54) is 19.3 Å². The average molecular weight is 249 g/mol. The fourth-order valence-electron chi connectivity index (χ4n) is 3.44. The van der Waals surface area contributed by atoms with E-state index in [2.05, 4.69) is 28.8 Å². The maximum absolute atomic E-state index is 6.01. The molecule has 2 aliphatic rings. The van der Waals surface area contributed by atoms with Gasteiger partial charge >= 0.3 is 0 Å². The van der Waals surface area contributed by atoms with E-state index >= 15 is 0 Å². The number of fused-ring (bicyclic) bond motifs is 2. The third-order valence-corrected chi connectivity index (χ3v) is 4.33. The van der Waals surface area contributed by atoms with Crippen molar-refractivity contribution in [3.63, 3.8) is 0 Å². The highest BCUT2D eigenvalue weighted by Crippen LogP contribution is 2.44. The number of nitrogens with one attached hydrogen (secondary N) is 1. The molecule has 1 aromatic rings. The molecule has 3 rings (SSSR count). The molecule has 4 unspecified atom stereocenters. The zero-order valence-corrected chi connectivity index (χ0v) is 11.3. The molecule has 0 radical (unpaired) electrons. The first-order valence-electron chi connectivity index (χ1n) is 7.15. The summed E-state index contributed by atoms with van der Waals surface area (Å²) in [7, 11) is 2.08. The van der Waals surface area contributed by atoms with Crippen LogP contribution in [0.3, 0.4) is 0 Å². The number of hydrogen-bond donors (Lipinski definition) is 1. The quantitative estimate of drug-likeness (QED) is 0.868. The van der Waals surface area contributed by atoms with Crippen LogP contribution >= 0.6 is 0 Å². The van der Waals surface area contributed by atoms with Gasteiger partial charge in [-0.15, -0.1) is 0 Å². The van der Waals surface area contributed by atoms with Crippen molar-refractivity contribution in [3.8, 4) is 0 Å². The molecule has 0 spiro atoms. The van der Waals surface area contributed by atoms with Crippen molar-refractivity contribution in [1.29, 1.82) is 0 Å². The van der Waals surface area contributed by atoms with Crippen molar-refractivity contribution in [2.45, 2.75) is 50.9 Å². The smallest absolute Gasteiger partial charge is 0.125 e. The molecule has 2 aliphatic heterocycles. The molecule has 0 aliphatic carbocycles. The van der Waals surface area contributed by atoms with Gasteiger partial charge in [-0.25, -0.2) is 4.98 Å². The highest BCUT2D eigenvalue weighted by atomic mass is 16.5. The van der Waals surface area contributed by atoms with Crippen LogP contribution in [0, 0.1) is 5.92 Å². The second-order valence-corrected chi connectivity index (χ2v) is 5.60. The van der Waals surface area contributed by atoms with Gasteiger partial charge in [0.15, 0.2) is 0 Å². The molecule has 0 amide bonds. The van der Waals surface area contributed by atoms with Crippen LogP contribution in [0.5, 0.6) is 0 Å². The van der Waals surface area contributed by atoms with Gasteiger partial charge in [0.2, 0.25) is 0 Å². The molecule has 100 valence electrons. The second kappa shape index (κ2) is 5.02. The Morgan fingerprint density at radius 3 is 3.00 bits per heavy atom. The second-order valence-electron chi connectivity index (χ2n) is 5.60. The van der Waals surface area contributed by atoms with E-state index in [4.69, 9.17) is 4.74 Å². The fourth-order valence-corrected chi connectivity index (χ4v) is 3.44. The van der Waals surface area contributed by atoms with Crippen molar-refractivity contribution in [1.82, 2.24) is 14.9 Å². The molecule has 18 heavy (non-hydrogen) atoms. The number of ether oxygens (including phenoxy) is 1. The SMILES string of the molecule is CCCNC(c1nccn1C)C1CC2CCC1O2. The van der Waals surface area contributed by atoms with E-state index < -0.39 is 0 Å². The Bertz CT molecular complexity index is 403.